The first-order chi connectivity index (χ1) is 26.6. The molecule has 0 bridgehead atoms. The number of esters is 2. The number of likely N-dealkylation sites (N-methyl/N-ethyl adjacent to an activating group) is 1. The van der Waals surface area contributed by atoms with Gasteiger partial charge in [0.15, 0.2) is 6.10 Å². The lowest BCUT2D eigenvalue weighted by molar-refractivity contribution is -0.870. The van der Waals surface area contributed by atoms with Crippen molar-refractivity contribution in [2.75, 3.05) is 47.5 Å². The van der Waals surface area contributed by atoms with E-state index >= 15 is 0 Å². The van der Waals surface area contributed by atoms with Crippen molar-refractivity contribution in [3.05, 3.63) is 85.1 Å². The maximum atomic E-state index is 12.7. The zero-order valence-corrected chi connectivity index (χ0v) is 35.0. The molecule has 312 valence electrons. The van der Waals surface area contributed by atoms with Crippen molar-refractivity contribution in [3.8, 4) is 0 Å². The second-order valence-electron chi connectivity index (χ2n) is 14.6. The zero-order chi connectivity index (χ0) is 40.7. The van der Waals surface area contributed by atoms with Gasteiger partial charge in [0.05, 0.1) is 34.4 Å². The van der Waals surface area contributed by atoms with Crippen LogP contribution in [0.4, 0.5) is 0 Å². The summed E-state index contributed by atoms with van der Waals surface area (Å²) in [6.07, 6.45) is 43.8. The predicted octanol–water partition coefficient (Wildman–Crippen LogP) is 10.5. The van der Waals surface area contributed by atoms with Gasteiger partial charge in [0, 0.05) is 12.8 Å². The number of hydrogen-bond acceptors (Lipinski definition) is 7. The second-order valence-corrected chi connectivity index (χ2v) is 14.6. The minimum atomic E-state index is -1.53. The number of quaternary nitrogens is 1. The lowest BCUT2D eigenvalue weighted by atomic mass is 10.1. The number of carboxylic acids is 1. The fraction of sp³-hybridized carbons (Fsp3) is 0.630. The Balaban J connectivity index is 4.65. The maximum absolute atomic E-state index is 12.7. The fourth-order valence-electron chi connectivity index (χ4n) is 4.90. The molecule has 0 rings (SSSR count). The van der Waals surface area contributed by atoms with Crippen LogP contribution in [-0.4, -0.2) is 87.4 Å². The van der Waals surface area contributed by atoms with Crippen LogP contribution in [0.5, 0.6) is 0 Å². The summed E-state index contributed by atoms with van der Waals surface area (Å²) in [6.45, 7) is 4.58. The number of rotatable bonds is 36. The lowest BCUT2D eigenvalue weighted by Gasteiger charge is -2.25. The summed E-state index contributed by atoms with van der Waals surface area (Å²) < 4.78 is 22.5. The molecule has 0 amide bonds. The molecular formula is C46H76NO8+. The van der Waals surface area contributed by atoms with Crippen molar-refractivity contribution in [3.63, 3.8) is 0 Å². The standard InChI is InChI=1S/C46H75NO8/c1-6-8-10-12-14-16-18-19-20-21-22-23-24-25-27-29-31-33-35-37-44(49)55-42(41-54-46(45(50)51)52-39-38-47(3,4)5)40-53-43(48)36-34-32-30-28-26-17-15-13-11-9-7-2/h8,10,13-16,19-20,22-23,25,27,31,33,42,46H,6-7,9,11-12,17-18,21,24,26,28-30,32,34-41H2,1-5H3/p+1/b10-8-,15-13-,16-14-,20-19-,23-22-,27-25-,33-31-. The van der Waals surface area contributed by atoms with Gasteiger partial charge in [-0.3, -0.25) is 9.59 Å². The van der Waals surface area contributed by atoms with E-state index in [1.807, 2.05) is 33.3 Å². The van der Waals surface area contributed by atoms with Gasteiger partial charge in [-0.05, 0) is 70.6 Å². The highest BCUT2D eigenvalue weighted by Crippen LogP contribution is 2.11. The van der Waals surface area contributed by atoms with Crippen molar-refractivity contribution in [2.45, 2.75) is 142 Å². The normalized spacial score (nSPS) is 13.8. The van der Waals surface area contributed by atoms with E-state index in [9.17, 15) is 19.5 Å². The Morgan fingerprint density at radius 3 is 1.62 bits per heavy atom. The van der Waals surface area contributed by atoms with Gasteiger partial charge < -0.3 is 28.5 Å². The molecule has 0 aliphatic carbocycles. The number of carbonyl (C=O) groups is 3. The highest BCUT2D eigenvalue weighted by atomic mass is 16.7. The number of aliphatic carboxylic acids is 1. The van der Waals surface area contributed by atoms with E-state index in [1.54, 1.807) is 0 Å². The summed E-state index contributed by atoms with van der Waals surface area (Å²) in [4.78, 5) is 36.9. The molecule has 0 heterocycles. The smallest absolute Gasteiger partial charge is 0.361 e. The van der Waals surface area contributed by atoms with E-state index in [4.69, 9.17) is 18.9 Å². The molecule has 0 fully saturated rings. The molecule has 0 aromatic heterocycles. The van der Waals surface area contributed by atoms with E-state index in [2.05, 4.69) is 86.8 Å². The van der Waals surface area contributed by atoms with E-state index in [1.165, 1.54) is 12.8 Å². The summed E-state index contributed by atoms with van der Waals surface area (Å²) in [5.41, 5.74) is 0. The first-order valence-electron chi connectivity index (χ1n) is 20.8. The van der Waals surface area contributed by atoms with Crippen LogP contribution in [0, 0.1) is 0 Å². The van der Waals surface area contributed by atoms with E-state index < -0.39 is 24.3 Å². The van der Waals surface area contributed by atoms with Crippen LogP contribution in [-0.2, 0) is 33.3 Å². The van der Waals surface area contributed by atoms with Gasteiger partial charge in [-0.25, -0.2) is 4.79 Å². The molecule has 9 nitrogen and oxygen atoms in total. The number of nitrogens with zero attached hydrogens (tertiary/aromatic N) is 1. The number of unbranched alkanes of at least 4 members (excludes halogenated alkanes) is 7. The van der Waals surface area contributed by atoms with Gasteiger partial charge in [0.2, 0.25) is 0 Å². The van der Waals surface area contributed by atoms with Crippen molar-refractivity contribution >= 4 is 17.9 Å². The fourth-order valence-corrected chi connectivity index (χ4v) is 4.90. The van der Waals surface area contributed by atoms with Gasteiger partial charge in [-0.1, -0.05) is 131 Å². The lowest BCUT2D eigenvalue weighted by Crippen LogP contribution is -2.40. The van der Waals surface area contributed by atoms with Crippen LogP contribution in [0.15, 0.2) is 85.1 Å². The Morgan fingerprint density at radius 2 is 1.07 bits per heavy atom. The topological polar surface area (TPSA) is 108 Å². The molecule has 0 aromatic carbocycles. The van der Waals surface area contributed by atoms with E-state index in [0.29, 0.717) is 17.4 Å². The van der Waals surface area contributed by atoms with Gasteiger partial charge in [-0.2, -0.15) is 0 Å². The summed E-state index contributed by atoms with van der Waals surface area (Å²) in [5, 5.41) is 9.60. The monoisotopic (exact) mass is 771 g/mol. The third kappa shape index (κ3) is 38.5. The molecule has 0 saturated heterocycles. The van der Waals surface area contributed by atoms with Crippen molar-refractivity contribution in [1.82, 2.24) is 0 Å². The highest BCUT2D eigenvalue weighted by molar-refractivity contribution is 5.71. The Morgan fingerprint density at radius 1 is 0.564 bits per heavy atom. The van der Waals surface area contributed by atoms with Crippen LogP contribution in [0.2, 0.25) is 0 Å². The average Bonchev–Trinajstić information content (AvgIpc) is 3.14. The van der Waals surface area contributed by atoms with Crippen LogP contribution < -0.4 is 0 Å². The van der Waals surface area contributed by atoms with Gasteiger partial charge in [-0.15, -0.1) is 0 Å². The molecule has 9 heteroatoms. The van der Waals surface area contributed by atoms with Gasteiger partial charge in [0.25, 0.3) is 6.29 Å². The van der Waals surface area contributed by atoms with Crippen LogP contribution >= 0.6 is 0 Å². The number of ether oxygens (including phenoxy) is 4. The SMILES string of the molecule is CC/C=C\C/C=C\C/C=C\C/C=C\C/C=C\C/C=C\CCC(=O)OC(COC(=O)CCCCCCC/C=C\CCCC)COC(OCC[N+](C)(C)C)C(=O)O. The summed E-state index contributed by atoms with van der Waals surface area (Å²) in [7, 11) is 5.91. The largest absolute Gasteiger partial charge is 0.477 e. The van der Waals surface area contributed by atoms with Crippen molar-refractivity contribution in [1.29, 1.82) is 0 Å². The van der Waals surface area contributed by atoms with Crippen LogP contribution in [0.3, 0.4) is 0 Å². The van der Waals surface area contributed by atoms with Gasteiger partial charge in [0.1, 0.15) is 13.2 Å². The maximum Gasteiger partial charge on any atom is 0.361 e. The van der Waals surface area contributed by atoms with Gasteiger partial charge >= 0.3 is 17.9 Å². The first kappa shape index (κ1) is 51.5. The highest BCUT2D eigenvalue weighted by Gasteiger charge is 2.25. The van der Waals surface area contributed by atoms with E-state index in [0.717, 1.165) is 83.5 Å². The van der Waals surface area contributed by atoms with Crippen molar-refractivity contribution < 1.29 is 42.9 Å². The quantitative estimate of drug-likeness (QED) is 0.0221. The molecule has 0 aromatic rings. The second kappa shape index (κ2) is 37.4. The molecule has 1 N–H and O–H groups in total. The number of hydrogen-bond donors (Lipinski definition) is 1. The third-order valence-corrected chi connectivity index (χ3v) is 8.15. The summed E-state index contributed by atoms with van der Waals surface area (Å²) in [6, 6.07) is 0. The minimum Gasteiger partial charge on any atom is -0.477 e. The Hall–Kier alpha value is -3.53. The molecule has 0 saturated carbocycles. The molecule has 55 heavy (non-hydrogen) atoms. The first-order valence-corrected chi connectivity index (χ1v) is 20.8. The molecule has 0 aliphatic rings. The number of carbonyl (C=O) groups excluding carboxylic acids is 2. The summed E-state index contributed by atoms with van der Waals surface area (Å²) >= 11 is 0. The zero-order valence-electron chi connectivity index (χ0n) is 35.0. The molecule has 0 spiro atoms. The minimum absolute atomic E-state index is 0.128. The van der Waals surface area contributed by atoms with Crippen LogP contribution in [0.25, 0.3) is 0 Å². The molecule has 2 atom stereocenters. The Kier molecular flexibility index (Phi) is 35.0. The average molecular weight is 771 g/mol. The van der Waals surface area contributed by atoms with Crippen LogP contribution in [0.1, 0.15) is 129 Å². The molecule has 0 radical (unpaired) electrons. The Bertz CT molecular complexity index is 1170. The molecular weight excluding hydrogens is 695 g/mol. The molecule has 0 aliphatic heterocycles. The third-order valence-electron chi connectivity index (χ3n) is 8.15. The number of allylic oxidation sites excluding steroid dienone is 14. The molecule has 2 unspecified atom stereocenters. The predicted molar refractivity (Wildman–Crippen MR) is 226 cm³/mol. The Labute approximate surface area is 334 Å². The number of carboxylic acid groups (broad SMARTS) is 1. The van der Waals surface area contributed by atoms with E-state index in [-0.39, 0.29) is 38.6 Å². The summed E-state index contributed by atoms with van der Waals surface area (Å²) in [5.74, 6) is -2.15. The van der Waals surface area contributed by atoms with Crippen molar-refractivity contribution in [2.24, 2.45) is 0 Å².